The first kappa shape index (κ1) is 21.9. The van der Waals surface area contributed by atoms with Crippen molar-refractivity contribution in [3.05, 3.63) is 29.7 Å². The number of methoxy groups -OCH3 is 1. The number of hydrogen-bond acceptors (Lipinski definition) is 8. The molecule has 4 rings (SSSR count). The summed E-state index contributed by atoms with van der Waals surface area (Å²) >= 11 is 6.38. The average Bonchev–Trinajstić information content (AvgIpc) is 3.29. The van der Waals surface area contributed by atoms with Crippen molar-refractivity contribution in [3.8, 4) is 11.3 Å². The Morgan fingerprint density at radius 2 is 2.10 bits per heavy atom. The van der Waals surface area contributed by atoms with Gasteiger partial charge in [0.15, 0.2) is 0 Å². The van der Waals surface area contributed by atoms with Crippen molar-refractivity contribution in [1.29, 1.82) is 0 Å². The first-order valence-corrected chi connectivity index (χ1v) is 10.9. The van der Waals surface area contributed by atoms with Crippen LogP contribution in [0.3, 0.4) is 0 Å². The van der Waals surface area contributed by atoms with E-state index < -0.39 is 0 Å². The van der Waals surface area contributed by atoms with Gasteiger partial charge in [-0.15, -0.1) is 0 Å². The van der Waals surface area contributed by atoms with Crippen LogP contribution in [-0.4, -0.2) is 66.9 Å². The summed E-state index contributed by atoms with van der Waals surface area (Å²) in [5.41, 5.74) is 1.26. The molecule has 2 aromatic heterocycles. The molecule has 166 valence electrons. The SMILES string of the molecule is CO[C@H]1CNC[C@@H]1C(=O)Nc1cc(-c2cncc(NCC3CCOCC3)n2)c(Cl)cn1. The number of carbonyl (C=O) groups is 1. The van der Waals surface area contributed by atoms with E-state index in [1.807, 2.05) is 0 Å². The summed E-state index contributed by atoms with van der Waals surface area (Å²) in [6.07, 6.45) is 6.78. The van der Waals surface area contributed by atoms with Crippen LogP contribution in [0.1, 0.15) is 12.8 Å². The highest BCUT2D eigenvalue weighted by atomic mass is 35.5. The highest BCUT2D eigenvalue weighted by Gasteiger charge is 2.33. The number of carbonyl (C=O) groups excluding carboxylic acids is 1. The van der Waals surface area contributed by atoms with Gasteiger partial charge in [-0.3, -0.25) is 9.78 Å². The normalized spacial score (nSPS) is 21.7. The topological polar surface area (TPSA) is 110 Å². The Labute approximate surface area is 186 Å². The van der Waals surface area contributed by atoms with Crippen molar-refractivity contribution in [2.75, 3.05) is 50.6 Å². The van der Waals surface area contributed by atoms with Crippen molar-refractivity contribution in [2.24, 2.45) is 11.8 Å². The molecule has 0 aromatic carbocycles. The van der Waals surface area contributed by atoms with E-state index in [-0.39, 0.29) is 17.9 Å². The first-order chi connectivity index (χ1) is 15.1. The molecule has 2 aliphatic heterocycles. The van der Waals surface area contributed by atoms with E-state index in [0.29, 0.717) is 46.9 Å². The third kappa shape index (κ3) is 5.48. The van der Waals surface area contributed by atoms with Gasteiger partial charge < -0.3 is 25.4 Å². The smallest absolute Gasteiger partial charge is 0.232 e. The van der Waals surface area contributed by atoms with Crippen LogP contribution in [0, 0.1) is 11.8 Å². The molecule has 2 aromatic rings. The number of nitrogens with zero attached hydrogens (tertiary/aromatic N) is 3. The zero-order valence-corrected chi connectivity index (χ0v) is 18.2. The van der Waals surface area contributed by atoms with E-state index >= 15 is 0 Å². The molecule has 2 atom stereocenters. The second-order valence-corrected chi connectivity index (χ2v) is 8.21. The molecule has 2 saturated heterocycles. The third-order valence-electron chi connectivity index (χ3n) is 5.73. The van der Waals surface area contributed by atoms with Gasteiger partial charge in [0.25, 0.3) is 0 Å². The fourth-order valence-corrected chi connectivity index (χ4v) is 4.07. The first-order valence-electron chi connectivity index (χ1n) is 10.5. The molecule has 4 heterocycles. The number of anilines is 2. The number of amides is 1. The van der Waals surface area contributed by atoms with Crippen molar-refractivity contribution in [3.63, 3.8) is 0 Å². The Morgan fingerprint density at radius 1 is 1.26 bits per heavy atom. The number of ether oxygens (including phenoxy) is 2. The predicted octanol–water partition coefficient (Wildman–Crippen LogP) is 2.20. The minimum atomic E-state index is -0.275. The Bertz CT molecular complexity index is 908. The van der Waals surface area contributed by atoms with Gasteiger partial charge in [-0.05, 0) is 24.8 Å². The maximum atomic E-state index is 12.7. The second kappa shape index (κ2) is 10.3. The molecule has 31 heavy (non-hydrogen) atoms. The zero-order valence-electron chi connectivity index (χ0n) is 17.4. The predicted molar refractivity (Wildman–Crippen MR) is 118 cm³/mol. The highest BCUT2D eigenvalue weighted by molar-refractivity contribution is 6.33. The Balaban J connectivity index is 1.46. The molecule has 0 radical (unpaired) electrons. The van der Waals surface area contributed by atoms with E-state index in [4.69, 9.17) is 21.1 Å². The van der Waals surface area contributed by atoms with Crippen LogP contribution in [0.4, 0.5) is 11.6 Å². The highest BCUT2D eigenvalue weighted by Crippen LogP contribution is 2.29. The molecule has 0 unspecified atom stereocenters. The largest absolute Gasteiger partial charge is 0.381 e. The lowest BCUT2D eigenvalue weighted by Gasteiger charge is -2.22. The lowest BCUT2D eigenvalue weighted by molar-refractivity contribution is -0.122. The average molecular weight is 447 g/mol. The minimum absolute atomic E-state index is 0.143. The monoisotopic (exact) mass is 446 g/mol. The van der Waals surface area contributed by atoms with Crippen LogP contribution in [0.15, 0.2) is 24.7 Å². The Hall–Kier alpha value is -2.33. The number of nitrogens with one attached hydrogen (secondary N) is 3. The summed E-state index contributed by atoms with van der Waals surface area (Å²) in [4.78, 5) is 25.9. The Morgan fingerprint density at radius 3 is 2.90 bits per heavy atom. The van der Waals surface area contributed by atoms with E-state index in [1.54, 1.807) is 25.6 Å². The van der Waals surface area contributed by atoms with Gasteiger partial charge in [0.1, 0.15) is 11.6 Å². The lowest BCUT2D eigenvalue weighted by Crippen LogP contribution is -2.33. The quantitative estimate of drug-likeness (QED) is 0.593. The van der Waals surface area contributed by atoms with Crippen LogP contribution in [0.5, 0.6) is 0 Å². The fraction of sp³-hybridized carbons (Fsp3) is 0.524. The molecule has 2 aliphatic rings. The lowest BCUT2D eigenvalue weighted by atomic mass is 10.0. The molecule has 2 fully saturated rings. The summed E-state index contributed by atoms with van der Waals surface area (Å²) in [6.45, 7) is 3.65. The summed E-state index contributed by atoms with van der Waals surface area (Å²) in [5, 5.41) is 9.83. The van der Waals surface area contributed by atoms with Crippen molar-refractivity contribution in [1.82, 2.24) is 20.3 Å². The van der Waals surface area contributed by atoms with Crippen LogP contribution in [0.2, 0.25) is 5.02 Å². The van der Waals surface area contributed by atoms with Gasteiger partial charge >= 0.3 is 0 Å². The van der Waals surface area contributed by atoms with Gasteiger partial charge in [0.05, 0.1) is 35.1 Å². The molecule has 10 heteroatoms. The molecule has 9 nitrogen and oxygen atoms in total. The van der Waals surface area contributed by atoms with E-state index in [9.17, 15) is 4.79 Å². The van der Waals surface area contributed by atoms with E-state index in [0.717, 1.165) is 32.6 Å². The summed E-state index contributed by atoms with van der Waals surface area (Å²) in [5.74, 6) is 1.24. The second-order valence-electron chi connectivity index (χ2n) is 7.80. The maximum Gasteiger partial charge on any atom is 0.232 e. The van der Waals surface area contributed by atoms with Crippen LogP contribution >= 0.6 is 11.6 Å². The van der Waals surface area contributed by atoms with Gasteiger partial charge in [-0.25, -0.2) is 9.97 Å². The number of rotatable bonds is 7. The van der Waals surface area contributed by atoms with Crippen LogP contribution < -0.4 is 16.0 Å². The van der Waals surface area contributed by atoms with E-state index in [2.05, 4.69) is 30.9 Å². The zero-order chi connectivity index (χ0) is 21.6. The van der Waals surface area contributed by atoms with Crippen molar-refractivity contribution >= 4 is 29.1 Å². The standard InChI is InChI=1S/C21H27ClN6O3/c1-30-18-11-23-8-15(18)21(29)28-19-6-14(16(22)9-26-19)17-10-24-12-20(27-17)25-7-13-2-4-31-5-3-13/h6,9-10,12-13,15,18,23H,2-5,7-8,11H2,1H3,(H,25,27)(H,26,28,29)/t15-,18-/m0/s1. The molecule has 3 N–H and O–H groups in total. The Kier molecular flexibility index (Phi) is 7.29. The number of aromatic nitrogens is 3. The van der Waals surface area contributed by atoms with Gasteiger partial charge in [-0.2, -0.15) is 0 Å². The van der Waals surface area contributed by atoms with Crippen molar-refractivity contribution in [2.45, 2.75) is 18.9 Å². The van der Waals surface area contributed by atoms with Crippen molar-refractivity contribution < 1.29 is 14.3 Å². The number of pyridine rings is 1. The molecular weight excluding hydrogens is 420 g/mol. The minimum Gasteiger partial charge on any atom is -0.381 e. The van der Waals surface area contributed by atoms with Crippen LogP contribution in [0.25, 0.3) is 11.3 Å². The number of halogens is 1. The molecule has 0 saturated carbocycles. The summed E-state index contributed by atoms with van der Waals surface area (Å²) in [7, 11) is 1.61. The van der Waals surface area contributed by atoms with Gasteiger partial charge in [0.2, 0.25) is 5.91 Å². The third-order valence-corrected chi connectivity index (χ3v) is 6.03. The molecule has 1 amide bonds. The molecule has 0 bridgehead atoms. The summed E-state index contributed by atoms with van der Waals surface area (Å²) in [6, 6.07) is 1.72. The fourth-order valence-electron chi connectivity index (χ4n) is 3.87. The molecule has 0 spiro atoms. The maximum absolute atomic E-state index is 12.7. The van der Waals surface area contributed by atoms with Gasteiger partial charge in [0, 0.05) is 51.7 Å². The molecule has 0 aliphatic carbocycles. The molecular formula is C21H27ClN6O3. The van der Waals surface area contributed by atoms with E-state index in [1.165, 1.54) is 6.20 Å². The van der Waals surface area contributed by atoms with Gasteiger partial charge in [-0.1, -0.05) is 11.6 Å². The number of hydrogen-bond donors (Lipinski definition) is 3. The van der Waals surface area contributed by atoms with Crippen LogP contribution in [-0.2, 0) is 14.3 Å². The summed E-state index contributed by atoms with van der Waals surface area (Å²) < 4.78 is 10.8.